The number of para-hydroxylation sites is 1. The number of H-pyrrole nitrogens is 1. The molecular weight excluding hydrogens is 425 g/mol. The van der Waals surface area contributed by atoms with E-state index in [4.69, 9.17) is 4.74 Å². The van der Waals surface area contributed by atoms with Crippen LogP contribution in [0.3, 0.4) is 0 Å². The first kappa shape index (κ1) is 21.3. The Morgan fingerprint density at radius 2 is 1.77 bits per heavy atom. The van der Waals surface area contributed by atoms with Gasteiger partial charge in [-0.2, -0.15) is 0 Å². The van der Waals surface area contributed by atoms with Gasteiger partial charge in [-0.05, 0) is 43.2 Å². The van der Waals surface area contributed by atoms with Crippen molar-refractivity contribution in [2.75, 3.05) is 25.4 Å². The quantitative estimate of drug-likeness (QED) is 0.622. The zero-order valence-electron chi connectivity index (χ0n) is 16.7. The lowest BCUT2D eigenvalue weighted by Gasteiger charge is -2.31. The highest BCUT2D eigenvalue weighted by atomic mass is 32.2. The lowest BCUT2D eigenvalue weighted by Crippen LogP contribution is -2.45. The van der Waals surface area contributed by atoms with Gasteiger partial charge in [-0.25, -0.2) is 21.9 Å². The molecule has 1 aliphatic heterocycles. The summed E-state index contributed by atoms with van der Waals surface area (Å²) in [5.41, 5.74) is -0.886. The highest BCUT2D eigenvalue weighted by Gasteiger charge is 2.30. The molecule has 164 valence electrons. The van der Waals surface area contributed by atoms with Crippen molar-refractivity contribution in [3.8, 4) is 5.75 Å². The molecule has 1 aromatic heterocycles. The number of aromatic amines is 1. The highest BCUT2D eigenvalue weighted by Crippen LogP contribution is 2.23. The van der Waals surface area contributed by atoms with Crippen LogP contribution in [0.2, 0.25) is 0 Å². The van der Waals surface area contributed by atoms with E-state index < -0.39 is 33.1 Å². The summed E-state index contributed by atoms with van der Waals surface area (Å²) in [4.78, 5) is 27.8. The largest absolute Gasteiger partial charge is 0.492 e. The van der Waals surface area contributed by atoms with Crippen molar-refractivity contribution in [2.45, 2.75) is 18.9 Å². The van der Waals surface area contributed by atoms with Crippen LogP contribution in [-0.2, 0) is 10.0 Å². The van der Waals surface area contributed by atoms with Crippen molar-refractivity contribution in [1.82, 2.24) is 13.9 Å². The Balaban J connectivity index is 1.44. The van der Waals surface area contributed by atoms with Crippen LogP contribution in [0.1, 0.15) is 18.9 Å². The fourth-order valence-corrected chi connectivity index (χ4v) is 5.14. The van der Waals surface area contributed by atoms with E-state index in [1.807, 2.05) is 6.07 Å². The standard InChI is InChI=1S/C21H22FN3O5S/c22-15-6-7-19-18(14-15)20(26)25(21(27)23-19)16-8-10-24(11-9-16)31(28,29)13-12-30-17-4-2-1-3-5-17/h1-7,14,16H,8-13H2,(H,23,27). The molecule has 2 aromatic carbocycles. The van der Waals surface area contributed by atoms with Crippen LogP contribution >= 0.6 is 0 Å². The van der Waals surface area contributed by atoms with E-state index in [0.717, 1.165) is 10.6 Å². The SMILES string of the molecule is O=c1[nH]c2ccc(F)cc2c(=O)n1C1CCN(S(=O)(=O)CCOc2ccccc2)CC1. The summed E-state index contributed by atoms with van der Waals surface area (Å²) in [6, 6.07) is 12.1. The zero-order chi connectivity index (χ0) is 22.0. The van der Waals surface area contributed by atoms with E-state index in [2.05, 4.69) is 4.98 Å². The fourth-order valence-electron chi connectivity index (χ4n) is 3.82. The first-order chi connectivity index (χ1) is 14.8. The number of sulfonamides is 1. The third-order valence-electron chi connectivity index (χ3n) is 5.43. The minimum Gasteiger partial charge on any atom is -0.492 e. The summed E-state index contributed by atoms with van der Waals surface area (Å²) in [6.07, 6.45) is 0.616. The van der Waals surface area contributed by atoms with Crippen molar-refractivity contribution >= 4 is 20.9 Å². The number of hydrogen-bond donors (Lipinski definition) is 1. The molecule has 1 N–H and O–H groups in total. The minimum atomic E-state index is -3.53. The van der Waals surface area contributed by atoms with E-state index in [-0.39, 0.29) is 36.4 Å². The van der Waals surface area contributed by atoms with E-state index in [0.29, 0.717) is 18.6 Å². The molecule has 1 aliphatic rings. The second-order valence-corrected chi connectivity index (χ2v) is 9.49. The summed E-state index contributed by atoms with van der Waals surface area (Å²) in [5, 5.41) is 0.0905. The number of aromatic nitrogens is 2. The van der Waals surface area contributed by atoms with Gasteiger partial charge >= 0.3 is 5.69 Å². The van der Waals surface area contributed by atoms with Crippen LogP contribution in [0.15, 0.2) is 58.1 Å². The van der Waals surface area contributed by atoms with E-state index >= 15 is 0 Å². The molecule has 0 aliphatic carbocycles. The maximum atomic E-state index is 13.6. The number of nitrogens with zero attached hydrogens (tertiary/aromatic N) is 2. The molecule has 0 radical (unpaired) electrons. The average Bonchev–Trinajstić information content (AvgIpc) is 2.75. The number of benzene rings is 2. The Morgan fingerprint density at radius 1 is 1.06 bits per heavy atom. The third-order valence-corrected chi connectivity index (χ3v) is 7.26. The number of nitrogens with one attached hydrogen (secondary N) is 1. The van der Waals surface area contributed by atoms with Crippen LogP contribution in [0.25, 0.3) is 10.9 Å². The summed E-state index contributed by atoms with van der Waals surface area (Å²) in [5.74, 6) is -0.132. The Kier molecular flexibility index (Phi) is 5.92. The predicted octanol–water partition coefficient (Wildman–Crippen LogP) is 1.87. The molecule has 31 heavy (non-hydrogen) atoms. The molecule has 1 fully saturated rings. The summed E-state index contributed by atoms with van der Waals surface area (Å²) < 4.78 is 46.7. The van der Waals surface area contributed by atoms with Gasteiger partial charge in [0.2, 0.25) is 10.0 Å². The van der Waals surface area contributed by atoms with Crippen LogP contribution in [-0.4, -0.2) is 47.7 Å². The molecule has 0 saturated carbocycles. The predicted molar refractivity (Wildman–Crippen MR) is 114 cm³/mol. The number of ether oxygens (including phenoxy) is 1. The summed E-state index contributed by atoms with van der Waals surface area (Å²) in [6.45, 7) is 0.401. The number of hydrogen-bond acceptors (Lipinski definition) is 5. The molecule has 1 saturated heterocycles. The first-order valence-electron chi connectivity index (χ1n) is 9.95. The van der Waals surface area contributed by atoms with Gasteiger partial charge in [0.1, 0.15) is 18.2 Å². The number of piperidine rings is 1. The summed E-state index contributed by atoms with van der Waals surface area (Å²) >= 11 is 0. The monoisotopic (exact) mass is 447 g/mol. The zero-order valence-corrected chi connectivity index (χ0v) is 17.5. The van der Waals surface area contributed by atoms with E-state index in [9.17, 15) is 22.4 Å². The van der Waals surface area contributed by atoms with Gasteiger partial charge in [-0.1, -0.05) is 18.2 Å². The van der Waals surface area contributed by atoms with Gasteiger partial charge < -0.3 is 9.72 Å². The number of rotatable bonds is 6. The smallest absolute Gasteiger partial charge is 0.329 e. The molecule has 0 amide bonds. The molecule has 0 spiro atoms. The maximum absolute atomic E-state index is 13.6. The van der Waals surface area contributed by atoms with Gasteiger partial charge in [0.05, 0.1) is 16.7 Å². The van der Waals surface area contributed by atoms with Crippen molar-refractivity contribution < 1.29 is 17.5 Å². The third kappa shape index (κ3) is 4.54. The molecule has 0 bridgehead atoms. The van der Waals surface area contributed by atoms with E-state index in [1.54, 1.807) is 24.3 Å². The number of fused-ring (bicyclic) bond motifs is 1. The van der Waals surface area contributed by atoms with Crippen LogP contribution < -0.4 is 16.0 Å². The fraction of sp³-hybridized carbons (Fsp3) is 0.333. The van der Waals surface area contributed by atoms with Crippen LogP contribution in [0.4, 0.5) is 4.39 Å². The highest BCUT2D eigenvalue weighted by molar-refractivity contribution is 7.89. The second-order valence-electron chi connectivity index (χ2n) is 7.40. The van der Waals surface area contributed by atoms with Gasteiger partial charge in [0.15, 0.2) is 0 Å². The molecule has 4 rings (SSSR count). The normalized spacial score (nSPS) is 15.9. The van der Waals surface area contributed by atoms with Crippen molar-refractivity contribution in [2.24, 2.45) is 0 Å². The Hall–Kier alpha value is -2.98. The molecular formula is C21H22FN3O5S. The molecule has 0 atom stereocenters. The Labute approximate surface area is 177 Å². The molecule has 3 aromatic rings. The Bertz CT molecular complexity index is 1300. The lowest BCUT2D eigenvalue weighted by atomic mass is 10.1. The minimum absolute atomic E-state index is 0.0294. The van der Waals surface area contributed by atoms with Crippen LogP contribution in [0.5, 0.6) is 5.75 Å². The number of halogens is 1. The van der Waals surface area contributed by atoms with Crippen molar-refractivity contribution in [3.05, 3.63) is 75.2 Å². The van der Waals surface area contributed by atoms with Gasteiger partial charge in [0, 0.05) is 19.1 Å². The summed E-state index contributed by atoms with van der Waals surface area (Å²) in [7, 11) is -3.53. The molecule has 0 unspecified atom stereocenters. The molecule has 8 nitrogen and oxygen atoms in total. The van der Waals surface area contributed by atoms with Crippen LogP contribution in [0, 0.1) is 5.82 Å². The maximum Gasteiger partial charge on any atom is 0.329 e. The van der Waals surface area contributed by atoms with Gasteiger partial charge in [-0.15, -0.1) is 0 Å². The van der Waals surface area contributed by atoms with E-state index in [1.165, 1.54) is 16.4 Å². The Morgan fingerprint density at radius 3 is 2.48 bits per heavy atom. The van der Waals surface area contributed by atoms with Gasteiger partial charge in [0.25, 0.3) is 5.56 Å². The lowest BCUT2D eigenvalue weighted by molar-refractivity contribution is 0.263. The average molecular weight is 447 g/mol. The topological polar surface area (TPSA) is 101 Å². The second kappa shape index (κ2) is 8.64. The van der Waals surface area contributed by atoms with Crippen molar-refractivity contribution in [3.63, 3.8) is 0 Å². The van der Waals surface area contributed by atoms with Crippen molar-refractivity contribution in [1.29, 1.82) is 0 Å². The first-order valence-corrected chi connectivity index (χ1v) is 11.6. The molecule has 2 heterocycles. The van der Waals surface area contributed by atoms with Gasteiger partial charge in [-0.3, -0.25) is 9.36 Å². The molecule has 10 heteroatoms.